The summed E-state index contributed by atoms with van der Waals surface area (Å²) in [7, 11) is 0. The maximum atomic E-state index is 11.2. The third kappa shape index (κ3) is 1.14. The highest BCUT2D eigenvalue weighted by Gasteiger charge is 2.48. The fourth-order valence-corrected chi connectivity index (χ4v) is 2.81. The van der Waals surface area contributed by atoms with E-state index in [9.17, 15) is 9.59 Å². The van der Waals surface area contributed by atoms with Crippen molar-refractivity contribution in [2.45, 2.75) is 18.3 Å². The second-order valence-electron chi connectivity index (χ2n) is 3.41. The Morgan fingerprint density at radius 2 is 2.36 bits per heavy atom. The van der Waals surface area contributed by atoms with Crippen LogP contribution >= 0.6 is 11.8 Å². The Bertz CT molecular complexity index is 352. The van der Waals surface area contributed by atoms with Crippen molar-refractivity contribution >= 4 is 23.6 Å². The van der Waals surface area contributed by atoms with E-state index in [0.717, 1.165) is 5.57 Å². The first kappa shape index (κ1) is 9.54. The van der Waals surface area contributed by atoms with Crippen LogP contribution in [-0.4, -0.2) is 39.8 Å². The van der Waals surface area contributed by atoms with E-state index in [1.54, 1.807) is 11.8 Å². The quantitative estimate of drug-likeness (QED) is 0.580. The first-order valence-corrected chi connectivity index (χ1v) is 5.06. The number of carboxylic acid groups (broad SMARTS) is 1. The van der Waals surface area contributed by atoms with Gasteiger partial charge in [-0.2, -0.15) is 0 Å². The van der Waals surface area contributed by atoms with Crippen LogP contribution in [0.1, 0.15) is 6.92 Å². The van der Waals surface area contributed by atoms with Crippen molar-refractivity contribution < 1.29 is 14.7 Å². The van der Waals surface area contributed by atoms with Gasteiger partial charge in [0.25, 0.3) is 0 Å². The number of hydrogen-bond donors (Lipinski definition) is 2. The maximum Gasteiger partial charge on any atom is 0.342 e. The molecule has 1 fully saturated rings. The number of amides is 1. The van der Waals surface area contributed by atoms with E-state index in [0.29, 0.717) is 11.4 Å². The molecule has 76 valence electrons. The molecule has 1 unspecified atom stereocenters. The number of rotatable bonds is 1. The summed E-state index contributed by atoms with van der Waals surface area (Å²) in [6.45, 7) is 2.12. The van der Waals surface area contributed by atoms with Crippen LogP contribution in [-0.2, 0) is 9.59 Å². The summed E-state index contributed by atoms with van der Waals surface area (Å²) in [5.41, 5.74) is 6.28. The van der Waals surface area contributed by atoms with Crippen LogP contribution in [0.3, 0.4) is 0 Å². The SMILES string of the molecule is CC1=C(C(=O)O)S[C@H]2C(N)C(=O)N2C1. The lowest BCUT2D eigenvalue weighted by atomic mass is 10.1. The van der Waals surface area contributed by atoms with E-state index in [1.165, 1.54) is 11.8 Å². The van der Waals surface area contributed by atoms with Crippen LogP contribution in [0.15, 0.2) is 10.5 Å². The summed E-state index contributed by atoms with van der Waals surface area (Å²) in [6, 6.07) is -0.539. The number of aliphatic carboxylic acids is 1. The summed E-state index contributed by atoms with van der Waals surface area (Å²) in [5.74, 6) is -1.02. The molecule has 3 N–H and O–H groups in total. The van der Waals surface area contributed by atoms with Crippen LogP contribution in [0.5, 0.6) is 0 Å². The Morgan fingerprint density at radius 1 is 1.71 bits per heavy atom. The van der Waals surface area contributed by atoms with E-state index in [2.05, 4.69) is 0 Å². The number of β-lactam (4-membered cyclic amide) rings is 1. The lowest BCUT2D eigenvalue weighted by molar-refractivity contribution is -0.144. The van der Waals surface area contributed by atoms with Crippen molar-refractivity contribution in [2.24, 2.45) is 5.73 Å². The van der Waals surface area contributed by atoms with Gasteiger partial charge >= 0.3 is 5.97 Å². The average molecular weight is 214 g/mol. The van der Waals surface area contributed by atoms with Crippen molar-refractivity contribution in [3.63, 3.8) is 0 Å². The van der Waals surface area contributed by atoms with Gasteiger partial charge in [0.15, 0.2) is 0 Å². The molecule has 2 heterocycles. The predicted molar refractivity (Wildman–Crippen MR) is 51.4 cm³/mol. The highest BCUT2D eigenvalue weighted by molar-refractivity contribution is 8.04. The summed E-state index contributed by atoms with van der Waals surface area (Å²) in [5, 5.41) is 8.68. The first-order chi connectivity index (χ1) is 6.52. The van der Waals surface area contributed by atoms with Gasteiger partial charge in [0, 0.05) is 6.54 Å². The summed E-state index contributed by atoms with van der Waals surface area (Å²) >= 11 is 1.17. The zero-order chi connectivity index (χ0) is 10.5. The molecule has 2 aliphatic heterocycles. The number of carbonyl (C=O) groups excluding carboxylic acids is 1. The van der Waals surface area contributed by atoms with E-state index in [1.807, 2.05) is 0 Å². The lowest BCUT2D eigenvalue weighted by Crippen LogP contribution is -2.68. The molecule has 2 rings (SSSR count). The average Bonchev–Trinajstić information content (AvgIpc) is 2.15. The number of fused-ring (bicyclic) bond motifs is 1. The molecule has 0 aromatic rings. The van der Waals surface area contributed by atoms with Crippen LogP contribution < -0.4 is 5.73 Å². The zero-order valence-corrected chi connectivity index (χ0v) is 8.37. The lowest BCUT2D eigenvalue weighted by Gasteiger charge is -2.47. The molecule has 2 atom stereocenters. The van der Waals surface area contributed by atoms with Crippen LogP contribution in [0.4, 0.5) is 0 Å². The van der Waals surface area contributed by atoms with Gasteiger partial charge in [-0.1, -0.05) is 11.8 Å². The number of nitrogens with two attached hydrogens (primary N) is 1. The largest absolute Gasteiger partial charge is 0.477 e. The number of hydrogen-bond acceptors (Lipinski definition) is 4. The summed E-state index contributed by atoms with van der Waals surface area (Å²) in [6.07, 6.45) is 0. The third-order valence-electron chi connectivity index (χ3n) is 2.41. The molecule has 0 saturated carbocycles. The molecule has 1 amide bonds. The van der Waals surface area contributed by atoms with E-state index < -0.39 is 12.0 Å². The number of carboxylic acids is 1. The van der Waals surface area contributed by atoms with Gasteiger partial charge in [-0.15, -0.1) is 0 Å². The Hall–Kier alpha value is -1.01. The first-order valence-electron chi connectivity index (χ1n) is 4.18. The highest BCUT2D eigenvalue weighted by atomic mass is 32.2. The number of carbonyl (C=O) groups is 2. The van der Waals surface area contributed by atoms with Gasteiger partial charge in [0.05, 0.1) is 4.91 Å². The van der Waals surface area contributed by atoms with Crippen LogP contribution in [0.2, 0.25) is 0 Å². The van der Waals surface area contributed by atoms with Crippen molar-refractivity contribution in [1.82, 2.24) is 4.90 Å². The molecule has 6 heteroatoms. The second kappa shape index (κ2) is 2.99. The van der Waals surface area contributed by atoms with E-state index in [4.69, 9.17) is 10.8 Å². The molecular weight excluding hydrogens is 204 g/mol. The molecule has 0 bridgehead atoms. The molecule has 0 spiro atoms. The Balaban J connectivity index is 2.25. The van der Waals surface area contributed by atoms with Gasteiger partial charge in [-0.3, -0.25) is 4.79 Å². The fourth-order valence-electron chi connectivity index (χ4n) is 1.64. The third-order valence-corrected chi connectivity index (χ3v) is 3.96. The molecule has 0 aromatic carbocycles. The van der Waals surface area contributed by atoms with Crippen molar-refractivity contribution in [2.75, 3.05) is 6.54 Å². The second-order valence-corrected chi connectivity index (χ2v) is 4.54. The molecule has 0 radical (unpaired) electrons. The predicted octanol–water partition coefficient (Wildman–Crippen LogP) is -0.413. The zero-order valence-electron chi connectivity index (χ0n) is 7.56. The molecular formula is C8H10N2O3S. The molecule has 0 aliphatic carbocycles. The minimum atomic E-state index is -0.932. The van der Waals surface area contributed by atoms with Crippen molar-refractivity contribution in [1.29, 1.82) is 0 Å². The van der Waals surface area contributed by atoms with Gasteiger partial charge < -0.3 is 15.7 Å². The molecule has 14 heavy (non-hydrogen) atoms. The standard InChI is InChI=1S/C8H10N2O3S/c1-3-2-10-6(11)4(9)7(10)14-5(3)8(12)13/h4,7H,2,9H2,1H3,(H,12,13)/t4?,7-/m0/s1. The van der Waals surface area contributed by atoms with Crippen molar-refractivity contribution in [3.05, 3.63) is 10.5 Å². The molecule has 1 saturated heterocycles. The Labute approximate surface area is 84.9 Å². The maximum absolute atomic E-state index is 11.2. The Morgan fingerprint density at radius 3 is 2.93 bits per heavy atom. The molecule has 5 nitrogen and oxygen atoms in total. The molecule has 0 aromatic heterocycles. The number of thioether (sulfide) groups is 1. The molecule has 2 aliphatic rings. The van der Waals surface area contributed by atoms with E-state index >= 15 is 0 Å². The smallest absolute Gasteiger partial charge is 0.342 e. The van der Waals surface area contributed by atoms with E-state index in [-0.39, 0.29) is 11.3 Å². The summed E-state index contributed by atoms with van der Waals surface area (Å²) < 4.78 is 0. The van der Waals surface area contributed by atoms with Crippen LogP contribution in [0, 0.1) is 0 Å². The van der Waals surface area contributed by atoms with Gasteiger partial charge in [-0.25, -0.2) is 4.79 Å². The van der Waals surface area contributed by atoms with Gasteiger partial charge in [-0.05, 0) is 12.5 Å². The normalized spacial score (nSPS) is 31.3. The van der Waals surface area contributed by atoms with Crippen LogP contribution in [0.25, 0.3) is 0 Å². The van der Waals surface area contributed by atoms with Crippen molar-refractivity contribution in [3.8, 4) is 0 Å². The monoisotopic (exact) mass is 214 g/mol. The summed E-state index contributed by atoms with van der Waals surface area (Å²) in [4.78, 5) is 24.0. The number of nitrogens with zero attached hydrogens (tertiary/aromatic N) is 1. The minimum Gasteiger partial charge on any atom is -0.477 e. The van der Waals surface area contributed by atoms with Gasteiger partial charge in [0.1, 0.15) is 11.4 Å². The van der Waals surface area contributed by atoms with Gasteiger partial charge in [0.2, 0.25) is 5.91 Å². The topological polar surface area (TPSA) is 83.6 Å². The Kier molecular flexibility index (Phi) is 2.04. The fraction of sp³-hybridized carbons (Fsp3) is 0.500. The highest BCUT2D eigenvalue weighted by Crippen LogP contribution is 2.39. The minimum absolute atomic E-state index is 0.0914.